The fraction of sp³-hybridized carbons (Fsp3) is 0.562. The fourth-order valence-electron chi connectivity index (χ4n) is 3.26. The summed E-state index contributed by atoms with van der Waals surface area (Å²) in [6.45, 7) is 4.45. The van der Waals surface area contributed by atoms with Crippen molar-refractivity contribution in [3.8, 4) is 0 Å². The second kappa shape index (κ2) is 5.48. The van der Waals surface area contributed by atoms with Gasteiger partial charge in [-0.3, -0.25) is 4.79 Å². The third-order valence-corrected chi connectivity index (χ3v) is 4.13. The Bertz CT molecular complexity index is 366. The highest BCUT2D eigenvalue weighted by Crippen LogP contribution is 2.41. The predicted molar refractivity (Wildman–Crippen MR) is 71.1 cm³/mol. The maximum Gasteiger partial charge on any atom is 0.166 e. The Morgan fingerprint density at radius 1 is 1.24 bits per heavy atom. The summed E-state index contributed by atoms with van der Waals surface area (Å²) in [5, 5.41) is 0. The van der Waals surface area contributed by atoms with Gasteiger partial charge in [0.1, 0.15) is 0 Å². The summed E-state index contributed by atoms with van der Waals surface area (Å²) in [5.41, 5.74) is 0.896. The average Bonchev–Trinajstić information content (AvgIpc) is 2.71. The van der Waals surface area contributed by atoms with Gasteiger partial charge in [0, 0.05) is 11.5 Å². The van der Waals surface area contributed by atoms with Crippen LogP contribution < -0.4 is 0 Å². The maximum atomic E-state index is 12.5. The molecule has 17 heavy (non-hydrogen) atoms. The molecule has 1 aromatic rings. The average molecular weight is 230 g/mol. The Kier molecular flexibility index (Phi) is 3.98. The first-order valence-electron chi connectivity index (χ1n) is 6.83. The molecule has 3 unspecified atom stereocenters. The summed E-state index contributed by atoms with van der Waals surface area (Å²) in [4.78, 5) is 12.5. The molecule has 1 saturated carbocycles. The van der Waals surface area contributed by atoms with Crippen LogP contribution in [0.15, 0.2) is 30.3 Å². The number of carbonyl (C=O) groups is 1. The SMILES string of the molecule is CCCC1CCC(C)C1C(=O)c1ccccc1. The van der Waals surface area contributed by atoms with Gasteiger partial charge >= 0.3 is 0 Å². The van der Waals surface area contributed by atoms with E-state index in [-0.39, 0.29) is 5.92 Å². The molecule has 3 atom stereocenters. The topological polar surface area (TPSA) is 17.1 Å². The minimum Gasteiger partial charge on any atom is -0.294 e. The van der Waals surface area contributed by atoms with Crippen LogP contribution >= 0.6 is 0 Å². The van der Waals surface area contributed by atoms with Crippen molar-refractivity contribution in [3.63, 3.8) is 0 Å². The van der Waals surface area contributed by atoms with Gasteiger partial charge in [-0.25, -0.2) is 0 Å². The third kappa shape index (κ3) is 2.59. The van der Waals surface area contributed by atoms with Crippen LogP contribution in [0.5, 0.6) is 0 Å². The molecule has 0 bridgehead atoms. The summed E-state index contributed by atoms with van der Waals surface area (Å²) in [6, 6.07) is 9.80. The largest absolute Gasteiger partial charge is 0.294 e. The number of rotatable bonds is 4. The summed E-state index contributed by atoms with van der Waals surface area (Å²) >= 11 is 0. The van der Waals surface area contributed by atoms with Gasteiger partial charge in [-0.05, 0) is 31.1 Å². The molecule has 2 rings (SSSR count). The molecule has 0 radical (unpaired) electrons. The molecular formula is C16H22O. The van der Waals surface area contributed by atoms with Gasteiger partial charge in [0.2, 0.25) is 0 Å². The number of ketones is 1. The van der Waals surface area contributed by atoms with Crippen molar-refractivity contribution in [1.82, 2.24) is 0 Å². The van der Waals surface area contributed by atoms with Gasteiger partial charge in [-0.2, -0.15) is 0 Å². The Morgan fingerprint density at radius 3 is 2.59 bits per heavy atom. The number of carbonyl (C=O) groups excluding carboxylic acids is 1. The van der Waals surface area contributed by atoms with Crippen molar-refractivity contribution in [1.29, 1.82) is 0 Å². The van der Waals surface area contributed by atoms with E-state index in [1.807, 2.05) is 30.3 Å². The van der Waals surface area contributed by atoms with Crippen molar-refractivity contribution in [2.75, 3.05) is 0 Å². The lowest BCUT2D eigenvalue weighted by molar-refractivity contribution is 0.0855. The summed E-state index contributed by atoms with van der Waals surface area (Å²) in [6.07, 6.45) is 4.84. The Hall–Kier alpha value is -1.11. The Morgan fingerprint density at radius 2 is 1.94 bits per heavy atom. The van der Waals surface area contributed by atoms with Crippen LogP contribution in [0.4, 0.5) is 0 Å². The molecule has 0 saturated heterocycles. The van der Waals surface area contributed by atoms with Crippen LogP contribution in [0.1, 0.15) is 49.9 Å². The van der Waals surface area contributed by atoms with Gasteiger partial charge < -0.3 is 0 Å². The first-order valence-corrected chi connectivity index (χ1v) is 6.83. The van der Waals surface area contributed by atoms with E-state index in [1.54, 1.807) is 0 Å². The molecule has 0 spiro atoms. The standard InChI is InChI=1S/C16H22O/c1-3-7-13-11-10-12(2)15(13)16(17)14-8-5-4-6-9-14/h4-6,8-9,12-13,15H,3,7,10-11H2,1-2H3. The van der Waals surface area contributed by atoms with E-state index in [0.717, 1.165) is 5.56 Å². The third-order valence-electron chi connectivity index (χ3n) is 4.13. The van der Waals surface area contributed by atoms with Gasteiger partial charge in [0.25, 0.3) is 0 Å². The molecule has 1 aliphatic rings. The molecule has 0 aliphatic heterocycles. The molecule has 1 heteroatoms. The first kappa shape index (κ1) is 12.3. The van der Waals surface area contributed by atoms with E-state index in [1.165, 1.54) is 25.7 Å². The highest BCUT2D eigenvalue weighted by atomic mass is 16.1. The molecule has 0 heterocycles. The van der Waals surface area contributed by atoms with Gasteiger partial charge in [0.05, 0.1) is 0 Å². The summed E-state index contributed by atoms with van der Waals surface area (Å²) < 4.78 is 0. The molecule has 0 aromatic heterocycles. The first-order chi connectivity index (χ1) is 8.24. The van der Waals surface area contributed by atoms with Gasteiger partial charge in [0.15, 0.2) is 5.78 Å². The number of hydrogen-bond acceptors (Lipinski definition) is 1. The van der Waals surface area contributed by atoms with Crippen LogP contribution in [0, 0.1) is 17.8 Å². The van der Waals surface area contributed by atoms with Gasteiger partial charge in [-0.15, -0.1) is 0 Å². The quantitative estimate of drug-likeness (QED) is 0.703. The monoisotopic (exact) mass is 230 g/mol. The molecule has 1 aliphatic carbocycles. The fourth-order valence-corrected chi connectivity index (χ4v) is 3.26. The zero-order chi connectivity index (χ0) is 12.3. The van der Waals surface area contributed by atoms with E-state index in [4.69, 9.17) is 0 Å². The molecule has 1 aromatic carbocycles. The van der Waals surface area contributed by atoms with Crippen molar-refractivity contribution in [3.05, 3.63) is 35.9 Å². The van der Waals surface area contributed by atoms with Crippen molar-refractivity contribution in [2.45, 2.75) is 39.5 Å². The zero-order valence-corrected chi connectivity index (χ0v) is 10.9. The van der Waals surface area contributed by atoms with Crippen molar-refractivity contribution < 1.29 is 4.79 Å². The van der Waals surface area contributed by atoms with Crippen LogP contribution in [-0.4, -0.2) is 5.78 Å². The number of benzene rings is 1. The Labute approximate surface area is 104 Å². The van der Waals surface area contributed by atoms with Gasteiger partial charge in [-0.1, -0.05) is 50.6 Å². The van der Waals surface area contributed by atoms with Crippen LogP contribution in [0.3, 0.4) is 0 Å². The molecule has 0 N–H and O–H groups in total. The van der Waals surface area contributed by atoms with E-state index in [2.05, 4.69) is 13.8 Å². The van der Waals surface area contributed by atoms with Crippen LogP contribution in [0.2, 0.25) is 0 Å². The summed E-state index contributed by atoms with van der Waals surface area (Å²) in [7, 11) is 0. The van der Waals surface area contributed by atoms with Crippen molar-refractivity contribution >= 4 is 5.78 Å². The minimum absolute atomic E-state index is 0.261. The van der Waals surface area contributed by atoms with E-state index < -0.39 is 0 Å². The maximum absolute atomic E-state index is 12.5. The zero-order valence-electron chi connectivity index (χ0n) is 10.9. The smallest absolute Gasteiger partial charge is 0.166 e. The normalized spacial score (nSPS) is 28.2. The highest BCUT2D eigenvalue weighted by molar-refractivity contribution is 5.98. The lowest BCUT2D eigenvalue weighted by Gasteiger charge is -2.21. The lowest BCUT2D eigenvalue weighted by Crippen LogP contribution is -2.23. The van der Waals surface area contributed by atoms with Crippen molar-refractivity contribution in [2.24, 2.45) is 17.8 Å². The van der Waals surface area contributed by atoms with E-state index in [9.17, 15) is 4.79 Å². The second-order valence-corrected chi connectivity index (χ2v) is 5.36. The lowest BCUT2D eigenvalue weighted by atomic mass is 9.82. The molecule has 92 valence electrons. The number of Topliss-reactive ketones (excluding diaryl/α,β-unsaturated/α-hetero) is 1. The second-order valence-electron chi connectivity index (χ2n) is 5.36. The minimum atomic E-state index is 0.261. The molecule has 1 nitrogen and oxygen atoms in total. The van der Waals surface area contributed by atoms with Crippen LogP contribution in [-0.2, 0) is 0 Å². The Balaban J connectivity index is 2.17. The summed E-state index contributed by atoms with van der Waals surface area (Å²) in [5.74, 6) is 1.80. The predicted octanol–water partition coefficient (Wildman–Crippen LogP) is 4.33. The molecular weight excluding hydrogens is 208 g/mol. The molecule has 1 fully saturated rings. The number of hydrogen-bond donors (Lipinski definition) is 0. The highest BCUT2D eigenvalue weighted by Gasteiger charge is 2.37. The van der Waals surface area contributed by atoms with E-state index >= 15 is 0 Å². The van der Waals surface area contributed by atoms with Crippen LogP contribution in [0.25, 0.3) is 0 Å². The molecule has 0 amide bonds. The van der Waals surface area contributed by atoms with E-state index in [0.29, 0.717) is 17.6 Å².